The van der Waals surface area contributed by atoms with Gasteiger partial charge in [0, 0.05) is 19.6 Å². The van der Waals surface area contributed by atoms with E-state index in [4.69, 9.17) is 0 Å². The number of rotatable bonds is 7. The van der Waals surface area contributed by atoms with E-state index in [1.807, 2.05) is 6.08 Å². The van der Waals surface area contributed by atoms with Gasteiger partial charge >= 0.3 is 0 Å². The summed E-state index contributed by atoms with van der Waals surface area (Å²) in [6.45, 7) is 10.7. The number of hydrogen-bond acceptors (Lipinski definition) is 3. The summed E-state index contributed by atoms with van der Waals surface area (Å²) < 4.78 is 26.5. The van der Waals surface area contributed by atoms with Gasteiger partial charge in [0.25, 0.3) is 0 Å². The highest BCUT2D eigenvalue weighted by Gasteiger charge is 2.23. The van der Waals surface area contributed by atoms with E-state index in [0.29, 0.717) is 12.5 Å². The Kier molecular flexibility index (Phi) is 6.39. The van der Waals surface area contributed by atoms with Gasteiger partial charge in [-0.15, -0.1) is 0 Å². The van der Waals surface area contributed by atoms with Crippen LogP contribution in [0.5, 0.6) is 0 Å². The zero-order valence-corrected chi connectivity index (χ0v) is 15.0. The second-order valence-electron chi connectivity index (χ2n) is 6.63. The molecule has 1 aliphatic rings. The fourth-order valence-electron chi connectivity index (χ4n) is 2.94. The first-order valence-corrected chi connectivity index (χ1v) is 9.87. The van der Waals surface area contributed by atoms with Gasteiger partial charge in [0.05, 0.1) is 5.25 Å². The highest BCUT2D eigenvalue weighted by molar-refractivity contribution is 7.90. The Balaban J connectivity index is 1.89. The molecule has 1 unspecified atom stereocenters. The lowest BCUT2D eigenvalue weighted by Crippen LogP contribution is -2.42. The minimum Gasteiger partial charge on any atom is -0.299 e. The molecule has 2 rings (SSSR count). The molecule has 0 aromatic heterocycles. The lowest BCUT2D eigenvalue weighted by Gasteiger charge is -2.33. The van der Waals surface area contributed by atoms with Crippen LogP contribution in [-0.2, 0) is 16.6 Å². The first kappa shape index (κ1) is 18.2. The molecule has 0 saturated carbocycles. The van der Waals surface area contributed by atoms with Crippen LogP contribution in [-0.4, -0.2) is 38.2 Å². The zero-order valence-electron chi connectivity index (χ0n) is 14.2. The SMILES string of the molecule is C=Cc1cccc(CN2CCCC(CNS(=O)(=O)C(C)C)C2)c1. The summed E-state index contributed by atoms with van der Waals surface area (Å²) in [5, 5.41) is -0.371. The minimum atomic E-state index is -3.16. The fraction of sp³-hybridized carbons (Fsp3) is 0.556. The predicted octanol–water partition coefficient (Wildman–Crippen LogP) is 2.87. The van der Waals surface area contributed by atoms with Crippen molar-refractivity contribution in [1.82, 2.24) is 9.62 Å². The first-order valence-electron chi connectivity index (χ1n) is 8.33. The van der Waals surface area contributed by atoms with Gasteiger partial charge in [-0.25, -0.2) is 13.1 Å². The van der Waals surface area contributed by atoms with E-state index in [0.717, 1.165) is 38.0 Å². The van der Waals surface area contributed by atoms with Crippen molar-refractivity contribution >= 4 is 16.1 Å². The maximum absolute atomic E-state index is 11.9. The van der Waals surface area contributed by atoms with Crippen molar-refractivity contribution in [2.45, 2.75) is 38.5 Å². The molecule has 1 N–H and O–H groups in total. The van der Waals surface area contributed by atoms with Crippen LogP contribution in [0.4, 0.5) is 0 Å². The molecule has 0 radical (unpaired) electrons. The average molecular weight is 337 g/mol. The number of hydrogen-bond donors (Lipinski definition) is 1. The van der Waals surface area contributed by atoms with Gasteiger partial charge in [-0.1, -0.05) is 36.9 Å². The largest absolute Gasteiger partial charge is 0.299 e. The van der Waals surface area contributed by atoms with Crippen LogP contribution in [0.2, 0.25) is 0 Å². The Bertz CT molecular complexity index is 626. The number of nitrogens with one attached hydrogen (secondary N) is 1. The van der Waals surface area contributed by atoms with Gasteiger partial charge in [-0.3, -0.25) is 4.90 Å². The maximum Gasteiger partial charge on any atom is 0.213 e. The van der Waals surface area contributed by atoms with E-state index in [2.05, 4.69) is 40.5 Å². The molecule has 0 bridgehead atoms. The van der Waals surface area contributed by atoms with Crippen molar-refractivity contribution in [1.29, 1.82) is 0 Å². The summed E-state index contributed by atoms with van der Waals surface area (Å²) in [4.78, 5) is 2.42. The normalized spacial score (nSPS) is 19.9. The van der Waals surface area contributed by atoms with Gasteiger partial charge in [0.2, 0.25) is 10.0 Å². The minimum absolute atomic E-state index is 0.371. The Morgan fingerprint density at radius 3 is 2.91 bits per heavy atom. The first-order chi connectivity index (χ1) is 10.9. The average Bonchev–Trinajstić information content (AvgIpc) is 2.53. The standard InChI is InChI=1S/C18H28N2O2S/c1-4-16-7-5-8-17(11-16)13-20-10-6-9-18(14-20)12-19-23(21,22)15(2)3/h4-5,7-8,11,15,18-19H,1,6,9-10,12-14H2,2-3H3. The van der Waals surface area contributed by atoms with E-state index in [-0.39, 0.29) is 5.25 Å². The number of likely N-dealkylation sites (tertiary alicyclic amines) is 1. The van der Waals surface area contributed by atoms with Crippen LogP contribution in [0.25, 0.3) is 6.08 Å². The third-order valence-electron chi connectivity index (χ3n) is 4.39. The van der Waals surface area contributed by atoms with Crippen LogP contribution in [0, 0.1) is 5.92 Å². The molecule has 1 atom stereocenters. The zero-order chi connectivity index (χ0) is 16.9. The molecular weight excluding hydrogens is 308 g/mol. The summed E-state index contributed by atoms with van der Waals surface area (Å²) in [6.07, 6.45) is 4.07. The van der Waals surface area contributed by atoms with Crippen molar-refractivity contribution in [3.05, 3.63) is 42.0 Å². The summed E-state index contributed by atoms with van der Waals surface area (Å²) in [5.41, 5.74) is 2.42. The highest BCUT2D eigenvalue weighted by atomic mass is 32.2. The third kappa shape index (κ3) is 5.44. The molecule has 5 heteroatoms. The number of benzene rings is 1. The second-order valence-corrected chi connectivity index (χ2v) is 8.96. The lowest BCUT2D eigenvalue weighted by atomic mass is 9.97. The van der Waals surface area contributed by atoms with E-state index in [1.165, 1.54) is 5.56 Å². The fourth-order valence-corrected chi connectivity index (χ4v) is 3.74. The summed E-state index contributed by atoms with van der Waals surface area (Å²) >= 11 is 0. The molecule has 1 heterocycles. The topological polar surface area (TPSA) is 49.4 Å². The molecule has 1 aromatic rings. The van der Waals surface area contributed by atoms with Gasteiger partial charge < -0.3 is 0 Å². The van der Waals surface area contributed by atoms with Gasteiger partial charge in [0.1, 0.15) is 0 Å². The van der Waals surface area contributed by atoms with Crippen LogP contribution in [0.1, 0.15) is 37.8 Å². The smallest absolute Gasteiger partial charge is 0.213 e. The molecule has 0 aliphatic carbocycles. The van der Waals surface area contributed by atoms with Crippen molar-refractivity contribution in [2.24, 2.45) is 5.92 Å². The number of nitrogens with zero attached hydrogens (tertiary/aromatic N) is 1. The van der Waals surface area contributed by atoms with Gasteiger partial charge in [0.15, 0.2) is 0 Å². The molecule has 1 fully saturated rings. The Morgan fingerprint density at radius 1 is 1.43 bits per heavy atom. The van der Waals surface area contributed by atoms with E-state index >= 15 is 0 Å². The van der Waals surface area contributed by atoms with Crippen LogP contribution in [0.15, 0.2) is 30.8 Å². The summed E-state index contributed by atoms with van der Waals surface area (Å²) in [7, 11) is -3.16. The Hall–Kier alpha value is -1.17. The van der Waals surface area contributed by atoms with Gasteiger partial charge in [-0.2, -0.15) is 0 Å². The molecule has 1 saturated heterocycles. The highest BCUT2D eigenvalue weighted by Crippen LogP contribution is 2.19. The second kappa shape index (κ2) is 8.08. The molecule has 4 nitrogen and oxygen atoms in total. The Morgan fingerprint density at radius 2 is 2.22 bits per heavy atom. The number of piperidine rings is 1. The molecule has 23 heavy (non-hydrogen) atoms. The van der Waals surface area contributed by atoms with Crippen molar-refractivity contribution in [3.63, 3.8) is 0 Å². The quantitative estimate of drug-likeness (QED) is 0.833. The van der Waals surface area contributed by atoms with Crippen LogP contribution in [0.3, 0.4) is 0 Å². The van der Waals surface area contributed by atoms with Crippen molar-refractivity contribution in [3.8, 4) is 0 Å². The monoisotopic (exact) mass is 336 g/mol. The van der Waals surface area contributed by atoms with Crippen LogP contribution < -0.4 is 4.72 Å². The summed E-state index contributed by atoms with van der Waals surface area (Å²) in [6, 6.07) is 8.41. The molecule has 0 amide bonds. The molecule has 1 aliphatic heterocycles. The molecule has 0 spiro atoms. The van der Waals surface area contributed by atoms with Gasteiger partial charge in [-0.05, 0) is 50.3 Å². The van der Waals surface area contributed by atoms with Crippen LogP contribution >= 0.6 is 0 Å². The van der Waals surface area contributed by atoms with E-state index in [9.17, 15) is 8.42 Å². The van der Waals surface area contributed by atoms with Crippen molar-refractivity contribution < 1.29 is 8.42 Å². The molecule has 128 valence electrons. The number of sulfonamides is 1. The maximum atomic E-state index is 11.9. The predicted molar refractivity (Wildman–Crippen MR) is 96.6 cm³/mol. The Labute approximate surface area is 140 Å². The molecule has 1 aromatic carbocycles. The summed E-state index contributed by atoms with van der Waals surface area (Å²) in [5.74, 6) is 0.389. The van der Waals surface area contributed by atoms with E-state index < -0.39 is 10.0 Å². The lowest BCUT2D eigenvalue weighted by molar-refractivity contribution is 0.169. The van der Waals surface area contributed by atoms with E-state index in [1.54, 1.807) is 13.8 Å². The molecular formula is C18H28N2O2S. The third-order valence-corrected chi connectivity index (χ3v) is 6.20. The van der Waals surface area contributed by atoms with Crippen molar-refractivity contribution in [2.75, 3.05) is 19.6 Å².